The van der Waals surface area contributed by atoms with Crippen molar-refractivity contribution in [1.29, 1.82) is 0 Å². The standard InChI is InChI=1S/C5H9N3O4PS/c9-4(1-13(10,11)12)2-14-5-6-3-7-8-5/h3,10-12H,1-2H2,(H,6,7,8)/q+1. The molecule has 0 atom stereocenters. The average molecular weight is 238 g/mol. The van der Waals surface area contributed by atoms with E-state index in [9.17, 15) is 4.79 Å². The molecule has 0 saturated heterocycles. The van der Waals surface area contributed by atoms with Crippen LogP contribution in [0.2, 0.25) is 0 Å². The third-order valence-electron chi connectivity index (χ3n) is 1.15. The van der Waals surface area contributed by atoms with Crippen LogP contribution in [-0.2, 0) is 4.79 Å². The molecule has 1 aromatic heterocycles. The molecule has 0 spiro atoms. The molecule has 4 N–H and O–H groups in total. The molecule has 1 rings (SSSR count). The van der Waals surface area contributed by atoms with Gasteiger partial charge in [-0.1, -0.05) is 11.8 Å². The summed E-state index contributed by atoms with van der Waals surface area (Å²) >= 11 is 1.08. The van der Waals surface area contributed by atoms with Gasteiger partial charge in [0.15, 0.2) is 17.1 Å². The molecule has 0 unspecified atom stereocenters. The van der Waals surface area contributed by atoms with Crippen molar-refractivity contribution in [2.24, 2.45) is 0 Å². The second-order valence-electron chi connectivity index (χ2n) is 2.47. The molecule has 1 aromatic rings. The normalized spacial score (nSPS) is 11.6. The Hall–Kier alpha value is -0.530. The predicted octanol–water partition coefficient (Wildman–Crippen LogP) is -0.795. The van der Waals surface area contributed by atoms with Crippen LogP contribution in [0.25, 0.3) is 0 Å². The Morgan fingerprint density at radius 3 is 2.79 bits per heavy atom. The molecule has 0 bridgehead atoms. The molecule has 0 fully saturated rings. The highest BCUT2D eigenvalue weighted by molar-refractivity contribution is 7.99. The molecule has 0 aliphatic carbocycles. The first-order valence-corrected chi connectivity index (χ1v) is 6.35. The van der Waals surface area contributed by atoms with E-state index in [2.05, 4.69) is 15.2 Å². The van der Waals surface area contributed by atoms with Crippen LogP contribution in [0.4, 0.5) is 0 Å². The van der Waals surface area contributed by atoms with Crippen LogP contribution >= 0.6 is 19.7 Å². The monoisotopic (exact) mass is 238 g/mol. The van der Waals surface area contributed by atoms with E-state index in [1.165, 1.54) is 6.33 Å². The second kappa shape index (κ2) is 4.81. The summed E-state index contributed by atoms with van der Waals surface area (Å²) < 4.78 is 0. The first kappa shape index (κ1) is 11.5. The van der Waals surface area contributed by atoms with Crippen molar-refractivity contribution in [3.8, 4) is 0 Å². The van der Waals surface area contributed by atoms with E-state index in [4.69, 9.17) is 14.7 Å². The number of rotatable bonds is 5. The Morgan fingerprint density at radius 1 is 1.57 bits per heavy atom. The van der Waals surface area contributed by atoms with Crippen LogP contribution in [0.3, 0.4) is 0 Å². The maximum atomic E-state index is 11.0. The number of hydrogen-bond acceptors (Lipinski definition) is 7. The Bertz CT molecular complexity index is 298. The van der Waals surface area contributed by atoms with Crippen LogP contribution in [0.1, 0.15) is 0 Å². The second-order valence-corrected chi connectivity index (χ2v) is 5.13. The van der Waals surface area contributed by atoms with Gasteiger partial charge in [0.25, 0.3) is 0 Å². The van der Waals surface area contributed by atoms with E-state index < -0.39 is 19.9 Å². The van der Waals surface area contributed by atoms with Crippen LogP contribution in [0, 0.1) is 0 Å². The van der Waals surface area contributed by atoms with Gasteiger partial charge in [0.1, 0.15) is 6.33 Å². The molecule has 14 heavy (non-hydrogen) atoms. The van der Waals surface area contributed by atoms with Crippen molar-refractivity contribution in [2.75, 3.05) is 11.9 Å². The lowest BCUT2D eigenvalue weighted by Crippen LogP contribution is -2.11. The van der Waals surface area contributed by atoms with Crippen molar-refractivity contribution in [3.63, 3.8) is 0 Å². The molecule has 0 amide bonds. The zero-order valence-electron chi connectivity index (χ0n) is 6.99. The first-order chi connectivity index (χ1) is 6.47. The van der Waals surface area contributed by atoms with Gasteiger partial charge in [-0.25, -0.2) is 4.98 Å². The summed E-state index contributed by atoms with van der Waals surface area (Å²) in [7, 11) is -3.99. The number of hydrogen-bond donors (Lipinski definition) is 4. The smallest absolute Gasteiger partial charge is 0.294 e. The molecule has 0 saturated carbocycles. The molecule has 7 nitrogen and oxygen atoms in total. The van der Waals surface area contributed by atoms with Gasteiger partial charge in [0.05, 0.1) is 5.75 Å². The van der Waals surface area contributed by atoms with Crippen molar-refractivity contribution < 1.29 is 19.5 Å². The van der Waals surface area contributed by atoms with E-state index >= 15 is 0 Å². The summed E-state index contributed by atoms with van der Waals surface area (Å²) in [5.74, 6) is -0.439. The average Bonchev–Trinajstić information content (AvgIpc) is 2.49. The van der Waals surface area contributed by atoms with Crippen LogP contribution in [0.5, 0.6) is 0 Å². The fourth-order valence-electron chi connectivity index (χ4n) is 0.695. The summed E-state index contributed by atoms with van der Waals surface area (Å²) in [4.78, 5) is 40.6. The Labute approximate surface area is 84.2 Å². The lowest BCUT2D eigenvalue weighted by Gasteiger charge is -2.01. The number of nitrogens with one attached hydrogen (secondary N) is 1. The van der Waals surface area contributed by atoms with Crippen molar-refractivity contribution in [2.45, 2.75) is 5.16 Å². The van der Waals surface area contributed by atoms with Gasteiger partial charge in [0.2, 0.25) is 0 Å². The highest BCUT2D eigenvalue weighted by atomic mass is 32.2. The van der Waals surface area contributed by atoms with Gasteiger partial charge in [-0.2, -0.15) is 19.8 Å². The number of aromatic nitrogens is 3. The SMILES string of the molecule is O=C(CSc1ncn[nH]1)C[P+](O)(O)O. The molecule has 1 heterocycles. The van der Waals surface area contributed by atoms with Gasteiger partial charge in [0, 0.05) is 0 Å². The number of thioether (sulfide) groups is 1. The zero-order valence-corrected chi connectivity index (χ0v) is 8.70. The van der Waals surface area contributed by atoms with Crippen molar-refractivity contribution in [1.82, 2.24) is 15.2 Å². The first-order valence-electron chi connectivity index (χ1n) is 3.53. The largest absolute Gasteiger partial charge is 0.411 e. The van der Waals surface area contributed by atoms with Gasteiger partial charge >= 0.3 is 7.94 Å². The van der Waals surface area contributed by atoms with E-state index in [0.29, 0.717) is 5.16 Å². The van der Waals surface area contributed by atoms with E-state index in [1.54, 1.807) is 0 Å². The summed E-state index contributed by atoms with van der Waals surface area (Å²) in [6.07, 6.45) is 0.683. The lowest BCUT2D eigenvalue weighted by atomic mass is 10.5. The molecule has 0 radical (unpaired) electrons. The predicted molar refractivity (Wildman–Crippen MR) is 50.6 cm³/mol. The molecule has 9 heteroatoms. The molecular formula is C5H9N3O4PS+. The van der Waals surface area contributed by atoms with Crippen LogP contribution < -0.4 is 0 Å². The summed E-state index contributed by atoms with van der Waals surface area (Å²) in [6, 6.07) is 0. The minimum atomic E-state index is -3.99. The Balaban J connectivity index is 2.29. The van der Waals surface area contributed by atoms with Gasteiger partial charge in [-0.15, -0.1) is 0 Å². The number of carbonyl (C=O) groups excluding carboxylic acids is 1. The molecule has 78 valence electrons. The quantitative estimate of drug-likeness (QED) is 0.391. The van der Waals surface area contributed by atoms with Crippen LogP contribution in [0.15, 0.2) is 11.5 Å². The third kappa shape index (κ3) is 4.64. The fraction of sp³-hybridized carbons (Fsp3) is 0.400. The van der Waals surface area contributed by atoms with Crippen molar-refractivity contribution >= 4 is 25.5 Å². The molecular weight excluding hydrogens is 229 g/mol. The summed E-state index contributed by atoms with van der Waals surface area (Å²) in [5, 5.41) is 6.56. The third-order valence-corrected chi connectivity index (χ3v) is 2.86. The maximum absolute atomic E-state index is 11.0. The molecule has 0 aliphatic heterocycles. The van der Waals surface area contributed by atoms with E-state index in [-0.39, 0.29) is 5.75 Å². The lowest BCUT2D eigenvalue weighted by molar-refractivity contribution is -0.114. The number of carbonyl (C=O) groups is 1. The van der Waals surface area contributed by atoms with Gasteiger partial charge in [-0.05, 0) is 0 Å². The minimum absolute atomic E-state index is 0.0125. The summed E-state index contributed by atoms with van der Waals surface area (Å²) in [6.45, 7) is 0. The van der Waals surface area contributed by atoms with E-state index in [0.717, 1.165) is 11.8 Å². The summed E-state index contributed by atoms with van der Waals surface area (Å²) in [5.41, 5.74) is 0. The highest BCUT2D eigenvalue weighted by Gasteiger charge is 2.33. The molecule has 0 aliphatic rings. The van der Waals surface area contributed by atoms with Crippen LogP contribution in [-0.4, -0.2) is 47.6 Å². The van der Waals surface area contributed by atoms with E-state index in [1.807, 2.05) is 0 Å². The Morgan fingerprint density at radius 2 is 2.29 bits per heavy atom. The number of Topliss-reactive ketones (excluding diaryl/α,β-unsaturated/α-hetero) is 1. The highest BCUT2D eigenvalue weighted by Crippen LogP contribution is 2.44. The Kier molecular flexibility index (Phi) is 3.97. The topological polar surface area (TPSA) is 119 Å². The van der Waals surface area contributed by atoms with Gasteiger partial charge < -0.3 is 0 Å². The number of H-pyrrole nitrogens is 1. The fourth-order valence-corrected chi connectivity index (χ4v) is 2.07. The molecule has 0 aromatic carbocycles. The minimum Gasteiger partial charge on any atom is -0.294 e. The maximum Gasteiger partial charge on any atom is 0.411 e. The number of aromatic amines is 1. The van der Waals surface area contributed by atoms with Gasteiger partial charge in [-0.3, -0.25) is 9.89 Å². The van der Waals surface area contributed by atoms with Crippen molar-refractivity contribution in [3.05, 3.63) is 6.33 Å². The number of ketones is 1. The number of nitrogens with zero attached hydrogens (tertiary/aromatic N) is 2. The zero-order chi connectivity index (χ0) is 10.6.